The van der Waals surface area contributed by atoms with Crippen LogP contribution in [0, 0.1) is 0 Å². The Morgan fingerprint density at radius 1 is 0.333 bits per heavy atom. The van der Waals surface area contributed by atoms with Crippen molar-refractivity contribution in [2.24, 2.45) is 0 Å². The third-order valence-electron chi connectivity index (χ3n) is 9.25. The summed E-state index contributed by atoms with van der Waals surface area (Å²) in [6.07, 6.45) is 0. The molecule has 45 heavy (non-hydrogen) atoms. The van der Waals surface area contributed by atoms with E-state index in [2.05, 4.69) is 186 Å². The Balaban J connectivity index is 1.39. The summed E-state index contributed by atoms with van der Waals surface area (Å²) in [4.78, 5) is 4.98. The highest BCUT2D eigenvalue weighted by Crippen LogP contribution is 2.49. The maximum absolute atomic E-state index is 2.53. The van der Waals surface area contributed by atoms with E-state index in [4.69, 9.17) is 0 Å². The van der Waals surface area contributed by atoms with E-state index in [0.717, 1.165) is 5.69 Å². The topological polar surface area (TPSA) is 6.48 Å². The van der Waals surface area contributed by atoms with Crippen molar-refractivity contribution < 1.29 is 0 Å². The van der Waals surface area contributed by atoms with E-state index in [-0.39, 0.29) is 6.71 Å². The molecule has 0 bridgehead atoms. The molecule has 0 fully saturated rings. The minimum atomic E-state index is 0.115. The van der Waals surface area contributed by atoms with Gasteiger partial charge in [-0.05, 0) is 63.9 Å². The van der Waals surface area contributed by atoms with Gasteiger partial charge in [-0.25, -0.2) is 0 Å². The molecule has 7 aromatic rings. The molecule has 2 aliphatic heterocycles. The van der Waals surface area contributed by atoms with Crippen LogP contribution >= 0.6 is 0 Å². The average molecular weight is 573 g/mol. The smallest absolute Gasteiger partial charge is 0.252 e. The number of fused-ring (bicyclic) bond motifs is 4. The largest absolute Gasteiger partial charge is 0.311 e. The van der Waals surface area contributed by atoms with Gasteiger partial charge in [0.25, 0.3) is 6.71 Å². The lowest BCUT2D eigenvalue weighted by molar-refractivity contribution is 1.25. The Hall–Kier alpha value is -5.80. The average Bonchev–Trinajstić information content (AvgIpc) is 3.12. The third kappa shape index (κ3) is 3.98. The highest BCUT2D eigenvalue weighted by atomic mass is 15.2. The van der Waals surface area contributed by atoms with E-state index in [1.165, 1.54) is 67.1 Å². The molecule has 0 spiro atoms. The minimum absolute atomic E-state index is 0.115. The Morgan fingerprint density at radius 2 is 0.756 bits per heavy atom. The van der Waals surface area contributed by atoms with Gasteiger partial charge < -0.3 is 9.80 Å². The number of para-hydroxylation sites is 4. The van der Waals surface area contributed by atoms with Gasteiger partial charge in [-0.1, -0.05) is 140 Å². The van der Waals surface area contributed by atoms with E-state index >= 15 is 0 Å². The standard InChI is InChI=1S/C42H29BN2/c1-4-16-30(17-5-1)33-22-14-23-34(31-18-6-2-7-19-31)42(33)45-38-27-13-11-25-36(38)43-35-24-10-12-26-37(35)44(32-20-8-3-9-21-32)39-28-15-29-40(45)41(39)43/h1-29H. The van der Waals surface area contributed by atoms with E-state index in [9.17, 15) is 0 Å². The molecule has 3 heteroatoms. The van der Waals surface area contributed by atoms with Crippen LogP contribution in [0.2, 0.25) is 0 Å². The highest BCUT2D eigenvalue weighted by Gasteiger charge is 2.43. The van der Waals surface area contributed by atoms with Crippen molar-refractivity contribution in [2.75, 3.05) is 9.80 Å². The van der Waals surface area contributed by atoms with Gasteiger partial charge >= 0.3 is 0 Å². The zero-order valence-electron chi connectivity index (χ0n) is 24.7. The van der Waals surface area contributed by atoms with Gasteiger partial charge in [-0.2, -0.15) is 0 Å². The second-order valence-corrected chi connectivity index (χ2v) is 11.7. The summed E-state index contributed by atoms with van der Waals surface area (Å²) in [5.41, 5.74) is 16.0. The molecule has 7 aromatic carbocycles. The quantitative estimate of drug-likeness (QED) is 0.194. The van der Waals surface area contributed by atoms with Crippen LogP contribution in [0.5, 0.6) is 0 Å². The van der Waals surface area contributed by atoms with Gasteiger partial charge in [0.1, 0.15) is 0 Å². The Kier molecular flexibility index (Phi) is 5.95. The molecule has 0 atom stereocenters. The van der Waals surface area contributed by atoms with Gasteiger partial charge in [0.15, 0.2) is 0 Å². The fraction of sp³-hybridized carbons (Fsp3) is 0. The maximum Gasteiger partial charge on any atom is 0.252 e. The molecule has 0 amide bonds. The minimum Gasteiger partial charge on any atom is -0.311 e. The number of rotatable bonds is 4. The van der Waals surface area contributed by atoms with Crippen LogP contribution in [0.15, 0.2) is 176 Å². The molecule has 0 saturated carbocycles. The molecule has 0 radical (unpaired) electrons. The zero-order chi connectivity index (χ0) is 29.7. The third-order valence-corrected chi connectivity index (χ3v) is 9.25. The molecular weight excluding hydrogens is 543 g/mol. The fourth-order valence-corrected chi connectivity index (χ4v) is 7.42. The highest BCUT2D eigenvalue weighted by molar-refractivity contribution is 7.00. The Morgan fingerprint density at radius 3 is 1.33 bits per heavy atom. The lowest BCUT2D eigenvalue weighted by Gasteiger charge is -2.44. The first-order valence-corrected chi connectivity index (χ1v) is 15.6. The van der Waals surface area contributed by atoms with Crippen LogP contribution in [0.3, 0.4) is 0 Å². The zero-order valence-corrected chi connectivity index (χ0v) is 24.7. The lowest BCUT2D eigenvalue weighted by Crippen LogP contribution is -2.61. The molecular formula is C42H29BN2. The maximum atomic E-state index is 2.53. The predicted molar refractivity (Wildman–Crippen MR) is 191 cm³/mol. The number of hydrogen-bond acceptors (Lipinski definition) is 2. The summed E-state index contributed by atoms with van der Waals surface area (Å²) < 4.78 is 0. The molecule has 9 rings (SSSR count). The van der Waals surface area contributed by atoms with Crippen LogP contribution in [0.4, 0.5) is 34.1 Å². The molecule has 0 unspecified atom stereocenters. The fourth-order valence-electron chi connectivity index (χ4n) is 7.42. The normalized spacial score (nSPS) is 12.8. The van der Waals surface area contributed by atoms with Gasteiger partial charge in [0.05, 0.1) is 5.69 Å². The first-order chi connectivity index (χ1) is 22.4. The predicted octanol–water partition coefficient (Wildman–Crippen LogP) is 9.10. The van der Waals surface area contributed by atoms with Crippen molar-refractivity contribution >= 4 is 57.2 Å². The monoisotopic (exact) mass is 572 g/mol. The second kappa shape index (κ2) is 10.4. The Bertz CT molecular complexity index is 2120. The summed E-state index contributed by atoms with van der Waals surface area (Å²) in [7, 11) is 0. The SMILES string of the molecule is c1ccc(-c2cccc(-c3ccccc3)c2N2c3ccccc3B3c4ccccc4N(c4ccccc4)c4cccc2c43)cc1. The van der Waals surface area contributed by atoms with E-state index in [0.29, 0.717) is 0 Å². The van der Waals surface area contributed by atoms with Crippen molar-refractivity contribution in [2.45, 2.75) is 0 Å². The molecule has 2 heterocycles. The summed E-state index contributed by atoms with van der Waals surface area (Å²) >= 11 is 0. The van der Waals surface area contributed by atoms with Gasteiger partial charge in [-0.15, -0.1) is 0 Å². The summed E-state index contributed by atoms with van der Waals surface area (Å²) in [5.74, 6) is 0. The first kappa shape index (κ1) is 25.7. The molecule has 0 saturated heterocycles. The van der Waals surface area contributed by atoms with Crippen LogP contribution in [-0.2, 0) is 0 Å². The van der Waals surface area contributed by atoms with Crippen molar-refractivity contribution in [1.82, 2.24) is 0 Å². The number of anilines is 6. The molecule has 2 nitrogen and oxygen atoms in total. The summed E-state index contributed by atoms with van der Waals surface area (Å²) in [6, 6.07) is 63.9. The number of hydrogen-bond donors (Lipinski definition) is 0. The summed E-state index contributed by atoms with van der Waals surface area (Å²) in [5, 5.41) is 0. The van der Waals surface area contributed by atoms with Crippen molar-refractivity contribution in [3.63, 3.8) is 0 Å². The lowest BCUT2D eigenvalue weighted by atomic mass is 9.33. The number of benzene rings is 7. The van der Waals surface area contributed by atoms with Gasteiger partial charge in [0, 0.05) is 39.6 Å². The van der Waals surface area contributed by atoms with Crippen LogP contribution in [0.25, 0.3) is 22.3 Å². The molecule has 210 valence electrons. The Labute approximate surface area is 264 Å². The van der Waals surface area contributed by atoms with Crippen LogP contribution in [-0.4, -0.2) is 6.71 Å². The molecule has 2 aliphatic rings. The van der Waals surface area contributed by atoms with Gasteiger partial charge in [0.2, 0.25) is 0 Å². The van der Waals surface area contributed by atoms with Crippen LogP contribution < -0.4 is 26.2 Å². The van der Waals surface area contributed by atoms with E-state index < -0.39 is 0 Å². The molecule has 0 aliphatic carbocycles. The molecule has 0 aromatic heterocycles. The van der Waals surface area contributed by atoms with Gasteiger partial charge in [-0.3, -0.25) is 0 Å². The molecule has 0 N–H and O–H groups in total. The van der Waals surface area contributed by atoms with Crippen molar-refractivity contribution in [3.8, 4) is 22.3 Å². The number of nitrogens with zero attached hydrogens (tertiary/aromatic N) is 2. The van der Waals surface area contributed by atoms with Crippen molar-refractivity contribution in [1.29, 1.82) is 0 Å². The second-order valence-electron chi connectivity index (χ2n) is 11.7. The van der Waals surface area contributed by atoms with Crippen molar-refractivity contribution in [3.05, 3.63) is 176 Å². The summed E-state index contributed by atoms with van der Waals surface area (Å²) in [6.45, 7) is 0.115. The van der Waals surface area contributed by atoms with E-state index in [1.54, 1.807) is 0 Å². The van der Waals surface area contributed by atoms with Crippen LogP contribution in [0.1, 0.15) is 0 Å². The van der Waals surface area contributed by atoms with E-state index in [1.807, 2.05) is 0 Å². The first-order valence-electron chi connectivity index (χ1n) is 15.6.